The molecule has 0 aliphatic heterocycles. The van der Waals surface area contributed by atoms with Gasteiger partial charge in [0, 0.05) is 32.1 Å². The number of aryl methyl sites for hydroxylation is 2. The number of nitrogens with zero attached hydrogens (tertiary/aromatic N) is 1. The lowest BCUT2D eigenvalue weighted by Gasteiger charge is -2.22. The topological polar surface area (TPSA) is 49.4 Å². The number of carbonyl (C=O) groups is 2. The van der Waals surface area contributed by atoms with E-state index in [9.17, 15) is 9.59 Å². The Morgan fingerprint density at radius 2 is 1.86 bits per heavy atom. The van der Waals surface area contributed by atoms with Crippen molar-refractivity contribution in [2.24, 2.45) is 5.92 Å². The van der Waals surface area contributed by atoms with Crippen LogP contribution in [0.5, 0.6) is 0 Å². The zero-order valence-corrected chi connectivity index (χ0v) is 14.4. The smallest absolute Gasteiger partial charge is 0.223 e. The normalized spacial score (nSPS) is 10.6. The lowest BCUT2D eigenvalue weighted by atomic mass is 10.1. The summed E-state index contributed by atoms with van der Waals surface area (Å²) in [6, 6.07) is 5.93. The molecule has 0 saturated carbocycles. The Morgan fingerprint density at radius 1 is 1.18 bits per heavy atom. The van der Waals surface area contributed by atoms with Crippen LogP contribution in [-0.4, -0.2) is 24.9 Å². The van der Waals surface area contributed by atoms with Crippen LogP contribution in [0.2, 0.25) is 0 Å². The number of hydrogen-bond acceptors (Lipinski definition) is 2. The van der Waals surface area contributed by atoms with Crippen molar-refractivity contribution in [3.05, 3.63) is 29.3 Å². The molecule has 1 rings (SSSR count). The molecule has 0 saturated heterocycles. The summed E-state index contributed by atoms with van der Waals surface area (Å²) in [5.41, 5.74) is 3.19. The van der Waals surface area contributed by atoms with Gasteiger partial charge in [-0.25, -0.2) is 0 Å². The molecule has 0 atom stereocenters. The highest BCUT2D eigenvalue weighted by molar-refractivity contribution is 5.92. The predicted octanol–water partition coefficient (Wildman–Crippen LogP) is 3.21. The first kappa shape index (κ1) is 18.2. The Bertz CT molecular complexity index is 524. The maximum atomic E-state index is 11.9. The van der Waals surface area contributed by atoms with Crippen LogP contribution in [0.4, 0.5) is 5.69 Å². The van der Waals surface area contributed by atoms with Crippen LogP contribution in [-0.2, 0) is 9.59 Å². The highest BCUT2D eigenvalue weighted by Crippen LogP contribution is 2.19. The van der Waals surface area contributed by atoms with Gasteiger partial charge < -0.3 is 10.2 Å². The molecule has 4 nitrogen and oxygen atoms in total. The minimum absolute atomic E-state index is 0.00395. The summed E-state index contributed by atoms with van der Waals surface area (Å²) in [6.07, 6.45) is 1.30. The van der Waals surface area contributed by atoms with Crippen LogP contribution in [0.1, 0.15) is 44.7 Å². The molecule has 0 spiro atoms. The number of benzene rings is 1. The molecule has 2 amide bonds. The van der Waals surface area contributed by atoms with E-state index in [1.165, 1.54) is 12.5 Å². The second kappa shape index (κ2) is 8.57. The molecule has 1 N–H and O–H groups in total. The number of nitrogens with one attached hydrogen (secondary N) is 1. The summed E-state index contributed by atoms with van der Waals surface area (Å²) in [7, 11) is 0. The number of hydrogen-bond donors (Lipinski definition) is 1. The van der Waals surface area contributed by atoms with E-state index < -0.39 is 0 Å². The molecule has 0 aliphatic rings. The van der Waals surface area contributed by atoms with Gasteiger partial charge in [-0.3, -0.25) is 9.59 Å². The molecule has 122 valence electrons. The van der Waals surface area contributed by atoms with Crippen LogP contribution in [0.15, 0.2) is 18.2 Å². The van der Waals surface area contributed by atoms with E-state index in [1.807, 2.05) is 32.0 Å². The predicted molar refractivity (Wildman–Crippen MR) is 91.0 cm³/mol. The molecule has 0 heterocycles. The monoisotopic (exact) mass is 304 g/mol. The van der Waals surface area contributed by atoms with Gasteiger partial charge in [-0.15, -0.1) is 0 Å². The van der Waals surface area contributed by atoms with Crippen molar-refractivity contribution in [1.82, 2.24) is 5.32 Å². The van der Waals surface area contributed by atoms with E-state index in [0.29, 0.717) is 25.4 Å². The van der Waals surface area contributed by atoms with Gasteiger partial charge in [-0.1, -0.05) is 19.9 Å². The molecule has 22 heavy (non-hydrogen) atoms. The van der Waals surface area contributed by atoms with E-state index in [2.05, 4.69) is 19.2 Å². The molecule has 0 bridgehead atoms. The summed E-state index contributed by atoms with van der Waals surface area (Å²) in [5.74, 6) is 0.526. The van der Waals surface area contributed by atoms with E-state index in [1.54, 1.807) is 4.90 Å². The minimum Gasteiger partial charge on any atom is -0.356 e. The van der Waals surface area contributed by atoms with Crippen molar-refractivity contribution < 1.29 is 9.59 Å². The average Bonchev–Trinajstić information content (AvgIpc) is 2.42. The fourth-order valence-electron chi connectivity index (χ4n) is 2.16. The van der Waals surface area contributed by atoms with Gasteiger partial charge in [-0.2, -0.15) is 0 Å². The third-order valence-corrected chi connectivity index (χ3v) is 3.79. The Labute approximate surface area is 133 Å². The molecule has 1 aromatic rings. The number of amides is 2. The van der Waals surface area contributed by atoms with Gasteiger partial charge >= 0.3 is 0 Å². The Hall–Kier alpha value is -1.84. The number of rotatable bonds is 7. The SMILES string of the molecule is CC(=O)N(CCC(=O)NCCC(C)C)c1ccc(C)c(C)c1. The van der Waals surface area contributed by atoms with Crippen LogP contribution in [0.3, 0.4) is 0 Å². The quantitative estimate of drug-likeness (QED) is 0.841. The van der Waals surface area contributed by atoms with Gasteiger partial charge in [0.05, 0.1) is 0 Å². The van der Waals surface area contributed by atoms with Crippen LogP contribution >= 0.6 is 0 Å². The third-order valence-electron chi connectivity index (χ3n) is 3.79. The molecule has 1 aromatic carbocycles. The van der Waals surface area contributed by atoms with E-state index in [4.69, 9.17) is 0 Å². The molecule has 0 aliphatic carbocycles. The van der Waals surface area contributed by atoms with Crippen molar-refractivity contribution in [2.45, 2.75) is 47.5 Å². The Kier molecular flexibility index (Phi) is 7.09. The standard InChI is InChI=1S/C18H28N2O2/c1-13(2)8-10-19-18(22)9-11-20(16(5)21)17-7-6-14(3)15(4)12-17/h6-7,12-13H,8-11H2,1-5H3,(H,19,22). The molecular weight excluding hydrogens is 276 g/mol. The number of anilines is 1. The Morgan fingerprint density at radius 3 is 2.41 bits per heavy atom. The highest BCUT2D eigenvalue weighted by Gasteiger charge is 2.14. The second-order valence-corrected chi connectivity index (χ2v) is 6.22. The minimum atomic E-state index is -0.0433. The van der Waals surface area contributed by atoms with Crippen molar-refractivity contribution in [2.75, 3.05) is 18.0 Å². The maximum Gasteiger partial charge on any atom is 0.223 e. The van der Waals surface area contributed by atoms with Gasteiger partial charge in [-0.05, 0) is 49.4 Å². The summed E-state index contributed by atoms with van der Waals surface area (Å²) >= 11 is 0. The van der Waals surface area contributed by atoms with E-state index in [0.717, 1.165) is 17.7 Å². The molecule has 4 heteroatoms. The van der Waals surface area contributed by atoms with Gasteiger partial charge in [0.25, 0.3) is 0 Å². The summed E-state index contributed by atoms with van der Waals surface area (Å²) < 4.78 is 0. The van der Waals surface area contributed by atoms with Crippen molar-refractivity contribution in [3.63, 3.8) is 0 Å². The van der Waals surface area contributed by atoms with Crippen molar-refractivity contribution in [1.29, 1.82) is 0 Å². The van der Waals surface area contributed by atoms with Gasteiger partial charge in [0.2, 0.25) is 11.8 Å². The fourth-order valence-corrected chi connectivity index (χ4v) is 2.16. The first-order valence-electron chi connectivity index (χ1n) is 7.93. The number of carbonyl (C=O) groups excluding carboxylic acids is 2. The van der Waals surface area contributed by atoms with E-state index in [-0.39, 0.29) is 11.8 Å². The van der Waals surface area contributed by atoms with Crippen LogP contribution in [0, 0.1) is 19.8 Å². The first-order valence-corrected chi connectivity index (χ1v) is 7.93. The zero-order chi connectivity index (χ0) is 16.7. The van der Waals surface area contributed by atoms with Crippen LogP contribution < -0.4 is 10.2 Å². The fraction of sp³-hybridized carbons (Fsp3) is 0.556. The molecule has 0 fully saturated rings. The van der Waals surface area contributed by atoms with Crippen LogP contribution in [0.25, 0.3) is 0 Å². The zero-order valence-electron chi connectivity index (χ0n) is 14.4. The molecule has 0 unspecified atom stereocenters. The highest BCUT2D eigenvalue weighted by atomic mass is 16.2. The van der Waals surface area contributed by atoms with Gasteiger partial charge in [0.1, 0.15) is 0 Å². The summed E-state index contributed by atoms with van der Waals surface area (Å²) in [5, 5.41) is 2.90. The lowest BCUT2D eigenvalue weighted by Crippen LogP contribution is -2.34. The Balaban J connectivity index is 2.60. The van der Waals surface area contributed by atoms with Crippen molar-refractivity contribution in [3.8, 4) is 0 Å². The molecule has 0 aromatic heterocycles. The third kappa shape index (κ3) is 5.88. The summed E-state index contributed by atoms with van der Waals surface area (Å²) in [4.78, 5) is 25.4. The summed E-state index contributed by atoms with van der Waals surface area (Å²) in [6.45, 7) is 11.0. The average molecular weight is 304 g/mol. The van der Waals surface area contributed by atoms with E-state index >= 15 is 0 Å². The maximum absolute atomic E-state index is 11.9. The first-order chi connectivity index (χ1) is 10.3. The molecular formula is C18H28N2O2. The lowest BCUT2D eigenvalue weighted by molar-refractivity contribution is -0.121. The van der Waals surface area contributed by atoms with Crippen molar-refractivity contribution >= 4 is 17.5 Å². The largest absolute Gasteiger partial charge is 0.356 e. The van der Waals surface area contributed by atoms with Gasteiger partial charge in [0.15, 0.2) is 0 Å². The molecule has 0 radical (unpaired) electrons. The second-order valence-electron chi connectivity index (χ2n) is 6.22.